The number of rotatable bonds is 2. The predicted octanol–water partition coefficient (Wildman–Crippen LogP) is 3.69. The zero-order valence-electron chi connectivity index (χ0n) is 15.3. The molecular weight excluding hydrogens is 356 g/mol. The quantitative estimate of drug-likeness (QED) is 0.463. The number of pyridine rings is 2. The van der Waals surface area contributed by atoms with Gasteiger partial charge in [0, 0.05) is 21.5 Å². The van der Waals surface area contributed by atoms with E-state index in [4.69, 9.17) is 9.47 Å². The van der Waals surface area contributed by atoms with Crippen LogP contribution in [0.3, 0.4) is 0 Å². The molecule has 0 amide bonds. The molecule has 2 aromatic heterocycles. The van der Waals surface area contributed by atoms with Gasteiger partial charge in [-0.15, -0.1) is 0 Å². The average molecular weight is 372 g/mol. The van der Waals surface area contributed by atoms with Crippen molar-refractivity contribution >= 4 is 43.6 Å². The number of aromatic amines is 2. The van der Waals surface area contributed by atoms with E-state index in [0.29, 0.717) is 55.1 Å². The largest absolute Gasteiger partial charge is 0.497 e. The highest BCUT2D eigenvalue weighted by atomic mass is 16.5. The maximum atomic E-state index is 13.1. The van der Waals surface area contributed by atoms with Crippen LogP contribution in [-0.2, 0) is 0 Å². The van der Waals surface area contributed by atoms with E-state index in [1.165, 1.54) is 0 Å². The molecule has 6 heteroatoms. The molecule has 28 heavy (non-hydrogen) atoms. The van der Waals surface area contributed by atoms with Gasteiger partial charge in [-0.25, -0.2) is 0 Å². The smallest absolute Gasteiger partial charge is 0.197 e. The molecule has 0 aliphatic heterocycles. The van der Waals surface area contributed by atoms with Crippen molar-refractivity contribution in [1.29, 1.82) is 0 Å². The molecule has 0 atom stereocenters. The summed E-state index contributed by atoms with van der Waals surface area (Å²) in [6, 6.07) is 14.1. The van der Waals surface area contributed by atoms with E-state index in [9.17, 15) is 9.59 Å². The monoisotopic (exact) mass is 372 g/mol. The molecule has 0 unspecified atom stereocenters. The molecule has 0 fully saturated rings. The molecule has 6 nitrogen and oxygen atoms in total. The van der Waals surface area contributed by atoms with Gasteiger partial charge in [-0.3, -0.25) is 9.59 Å². The van der Waals surface area contributed by atoms with E-state index >= 15 is 0 Å². The van der Waals surface area contributed by atoms with Gasteiger partial charge in [0.05, 0.1) is 36.3 Å². The summed E-state index contributed by atoms with van der Waals surface area (Å²) >= 11 is 0. The third kappa shape index (κ3) is 2.21. The Bertz CT molecular complexity index is 1530. The van der Waals surface area contributed by atoms with Gasteiger partial charge < -0.3 is 19.4 Å². The lowest BCUT2D eigenvalue weighted by Crippen LogP contribution is -2.08. The minimum absolute atomic E-state index is 0.111. The van der Waals surface area contributed by atoms with E-state index in [-0.39, 0.29) is 10.9 Å². The Morgan fingerprint density at radius 2 is 1.36 bits per heavy atom. The van der Waals surface area contributed by atoms with Gasteiger partial charge in [0.25, 0.3) is 0 Å². The molecule has 0 radical (unpaired) electrons. The highest BCUT2D eigenvalue weighted by Gasteiger charge is 2.13. The third-order valence-corrected chi connectivity index (χ3v) is 5.14. The lowest BCUT2D eigenvalue weighted by Gasteiger charge is -2.09. The highest BCUT2D eigenvalue weighted by Crippen LogP contribution is 2.26. The summed E-state index contributed by atoms with van der Waals surface area (Å²) in [5.41, 5.74) is 2.27. The van der Waals surface area contributed by atoms with Crippen molar-refractivity contribution < 1.29 is 9.47 Å². The Morgan fingerprint density at radius 3 is 2.07 bits per heavy atom. The van der Waals surface area contributed by atoms with Gasteiger partial charge in [0.15, 0.2) is 10.9 Å². The molecule has 0 saturated heterocycles. The Labute approximate surface area is 158 Å². The van der Waals surface area contributed by atoms with Gasteiger partial charge in [0.1, 0.15) is 11.5 Å². The fourth-order valence-electron chi connectivity index (χ4n) is 3.72. The van der Waals surface area contributed by atoms with E-state index in [1.54, 1.807) is 62.8 Å². The molecule has 0 aliphatic carbocycles. The molecular formula is C22H16N2O4. The first kappa shape index (κ1) is 16.4. The number of aromatic nitrogens is 2. The number of nitrogens with one attached hydrogen (secondary N) is 2. The standard InChI is InChI=1S/C22H16N2O4/c1-27-11-6-7-16-13(8-11)22(26)14-10-18-15(9-17(14)23-16)21(25)12-4-3-5-19(28-2)20(12)24-18/h3-10H,1-2H3,(H,23,26)(H,24,25). The summed E-state index contributed by atoms with van der Waals surface area (Å²) in [5, 5.41) is 2.08. The van der Waals surface area contributed by atoms with Gasteiger partial charge in [-0.05, 0) is 42.5 Å². The zero-order valence-corrected chi connectivity index (χ0v) is 15.3. The number of hydrogen-bond acceptors (Lipinski definition) is 4. The van der Waals surface area contributed by atoms with Crippen LogP contribution in [0, 0.1) is 0 Å². The van der Waals surface area contributed by atoms with Crippen molar-refractivity contribution in [2.24, 2.45) is 0 Å². The maximum absolute atomic E-state index is 13.1. The van der Waals surface area contributed by atoms with E-state index in [1.807, 2.05) is 0 Å². The van der Waals surface area contributed by atoms with Crippen molar-refractivity contribution in [3.8, 4) is 11.5 Å². The Morgan fingerprint density at radius 1 is 0.679 bits per heavy atom. The number of H-pyrrole nitrogens is 2. The number of benzene rings is 3. The highest BCUT2D eigenvalue weighted by molar-refractivity contribution is 6.03. The third-order valence-electron chi connectivity index (χ3n) is 5.14. The minimum Gasteiger partial charge on any atom is -0.497 e. The van der Waals surface area contributed by atoms with Crippen molar-refractivity contribution in [2.45, 2.75) is 0 Å². The summed E-state index contributed by atoms with van der Waals surface area (Å²) in [7, 11) is 3.12. The summed E-state index contributed by atoms with van der Waals surface area (Å²) < 4.78 is 10.6. The van der Waals surface area contributed by atoms with Crippen LogP contribution in [0.15, 0.2) is 58.1 Å². The summed E-state index contributed by atoms with van der Waals surface area (Å²) in [6.45, 7) is 0. The van der Waals surface area contributed by atoms with E-state index < -0.39 is 0 Å². The molecule has 0 saturated carbocycles. The molecule has 0 spiro atoms. The normalized spacial score (nSPS) is 11.5. The number of ether oxygens (including phenoxy) is 2. The summed E-state index contributed by atoms with van der Waals surface area (Å²) in [4.78, 5) is 32.6. The molecule has 0 aliphatic rings. The molecule has 5 rings (SSSR count). The fourth-order valence-corrected chi connectivity index (χ4v) is 3.72. The molecule has 138 valence electrons. The molecule has 2 N–H and O–H groups in total. The van der Waals surface area contributed by atoms with Gasteiger partial charge in [-0.1, -0.05) is 6.07 Å². The van der Waals surface area contributed by atoms with Crippen molar-refractivity contribution in [1.82, 2.24) is 9.97 Å². The molecule has 3 aromatic carbocycles. The number of para-hydroxylation sites is 1. The van der Waals surface area contributed by atoms with Crippen LogP contribution in [-0.4, -0.2) is 24.2 Å². The Balaban J connectivity index is 1.96. The van der Waals surface area contributed by atoms with Crippen molar-refractivity contribution in [2.75, 3.05) is 14.2 Å². The molecule has 2 heterocycles. The topological polar surface area (TPSA) is 84.2 Å². The summed E-state index contributed by atoms with van der Waals surface area (Å²) in [6.07, 6.45) is 0. The molecule has 5 aromatic rings. The second-order valence-electron chi connectivity index (χ2n) is 6.65. The minimum atomic E-state index is -0.120. The number of hydrogen-bond donors (Lipinski definition) is 2. The summed E-state index contributed by atoms with van der Waals surface area (Å²) in [5.74, 6) is 1.19. The van der Waals surface area contributed by atoms with Crippen molar-refractivity contribution in [3.05, 3.63) is 69.0 Å². The van der Waals surface area contributed by atoms with Crippen LogP contribution in [0.4, 0.5) is 0 Å². The van der Waals surface area contributed by atoms with Crippen LogP contribution in [0.1, 0.15) is 0 Å². The number of methoxy groups -OCH3 is 2. The second kappa shape index (κ2) is 5.85. The lowest BCUT2D eigenvalue weighted by molar-refractivity contribution is 0.415. The van der Waals surface area contributed by atoms with Crippen LogP contribution < -0.4 is 20.3 Å². The molecule has 0 bridgehead atoms. The predicted molar refractivity (Wildman–Crippen MR) is 111 cm³/mol. The SMILES string of the molecule is COc1ccc2[nH]c3cc4c(=O)c5cccc(OC)c5[nH]c4cc3c(=O)c2c1. The fraction of sp³-hybridized carbons (Fsp3) is 0.0909. The maximum Gasteiger partial charge on any atom is 0.197 e. The van der Waals surface area contributed by atoms with E-state index in [2.05, 4.69) is 9.97 Å². The van der Waals surface area contributed by atoms with Crippen molar-refractivity contribution in [3.63, 3.8) is 0 Å². The van der Waals surface area contributed by atoms with E-state index in [0.717, 1.165) is 0 Å². The lowest BCUT2D eigenvalue weighted by atomic mass is 10.0. The van der Waals surface area contributed by atoms with Crippen LogP contribution in [0.25, 0.3) is 43.6 Å². The second-order valence-corrected chi connectivity index (χ2v) is 6.65. The van der Waals surface area contributed by atoms with Crippen LogP contribution >= 0.6 is 0 Å². The first-order valence-corrected chi connectivity index (χ1v) is 8.77. The first-order valence-electron chi connectivity index (χ1n) is 8.77. The van der Waals surface area contributed by atoms with Gasteiger partial charge in [0.2, 0.25) is 0 Å². The van der Waals surface area contributed by atoms with Crippen LogP contribution in [0.5, 0.6) is 11.5 Å². The first-order chi connectivity index (χ1) is 13.6. The van der Waals surface area contributed by atoms with Crippen LogP contribution in [0.2, 0.25) is 0 Å². The zero-order chi connectivity index (χ0) is 19.4. The van der Waals surface area contributed by atoms with Gasteiger partial charge in [-0.2, -0.15) is 0 Å². The Hall–Kier alpha value is -3.80. The number of fused-ring (bicyclic) bond motifs is 4. The Kier molecular flexibility index (Phi) is 3.42. The average Bonchev–Trinajstić information content (AvgIpc) is 2.73. The van der Waals surface area contributed by atoms with Gasteiger partial charge >= 0.3 is 0 Å².